The van der Waals surface area contributed by atoms with Crippen LogP contribution in [0.3, 0.4) is 0 Å². The average molecular weight is 282 g/mol. The molecule has 1 aromatic carbocycles. The van der Waals surface area contributed by atoms with Crippen LogP contribution in [0.4, 0.5) is 6.01 Å². The van der Waals surface area contributed by atoms with Crippen LogP contribution in [0.2, 0.25) is 0 Å². The van der Waals surface area contributed by atoms with E-state index in [2.05, 4.69) is 28.1 Å². The first-order chi connectivity index (χ1) is 10.3. The minimum atomic E-state index is 0.400. The zero-order valence-electron chi connectivity index (χ0n) is 12.1. The van der Waals surface area contributed by atoms with Crippen LogP contribution in [0.15, 0.2) is 41.1 Å². The summed E-state index contributed by atoms with van der Waals surface area (Å²) in [5.74, 6) is 0. The Hall–Kier alpha value is -2.30. The summed E-state index contributed by atoms with van der Waals surface area (Å²) in [5.41, 5.74) is 2.97. The third-order valence-corrected chi connectivity index (χ3v) is 4.07. The lowest BCUT2D eigenvalue weighted by molar-refractivity contribution is 0.479. The van der Waals surface area contributed by atoms with Crippen molar-refractivity contribution in [2.75, 3.05) is 11.4 Å². The van der Waals surface area contributed by atoms with Crippen LogP contribution in [-0.2, 0) is 6.54 Å². The van der Waals surface area contributed by atoms with Gasteiger partial charge in [0.25, 0.3) is 6.01 Å². The zero-order valence-corrected chi connectivity index (χ0v) is 12.1. The third kappa shape index (κ3) is 2.28. The fraction of sp³-hybridized carbons (Fsp3) is 0.375. The molecule has 108 valence electrons. The molecule has 1 unspecified atom stereocenters. The lowest BCUT2D eigenvalue weighted by Gasteiger charge is -2.22. The molecule has 1 aliphatic heterocycles. The van der Waals surface area contributed by atoms with E-state index < -0.39 is 0 Å². The third-order valence-electron chi connectivity index (χ3n) is 4.07. The highest BCUT2D eigenvalue weighted by molar-refractivity contribution is 5.74. The smallest absolute Gasteiger partial charge is 0.298 e. The van der Waals surface area contributed by atoms with Crippen LogP contribution in [0.5, 0.6) is 0 Å². The van der Waals surface area contributed by atoms with Crippen LogP contribution in [0.1, 0.15) is 18.4 Å². The summed E-state index contributed by atoms with van der Waals surface area (Å²) in [5, 5.41) is 4.39. The molecule has 0 N–H and O–H groups in total. The van der Waals surface area contributed by atoms with Gasteiger partial charge < -0.3 is 9.32 Å². The number of hydrogen-bond donors (Lipinski definition) is 0. The Balaban J connectivity index is 1.60. The minimum absolute atomic E-state index is 0.400. The first-order valence-corrected chi connectivity index (χ1v) is 7.41. The van der Waals surface area contributed by atoms with Gasteiger partial charge in [-0.3, -0.25) is 4.68 Å². The number of nitrogens with zero attached hydrogens (tertiary/aromatic N) is 4. The van der Waals surface area contributed by atoms with Gasteiger partial charge in [-0.2, -0.15) is 10.1 Å². The van der Waals surface area contributed by atoms with Crippen molar-refractivity contribution in [2.45, 2.75) is 32.4 Å². The van der Waals surface area contributed by atoms with Crippen LogP contribution in [0, 0.1) is 6.92 Å². The van der Waals surface area contributed by atoms with Crippen LogP contribution < -0.4 is 4.90 Å². The standard InChI is InChI=1S/C16H18N4O/c1-12-9-17-19(10-12)11-13-5-4-8-20(13)16-18-14-6-2-3-7-15(14)21-16/h2-3,6-7,9-10,13H,4-5,8,11H2,1H3. The second kappa shape index (κ2) is 4.91. The van der Waals surface area contributed by atoms with Gasteiger partial charge >= 0.3 is 0 Å². The van der Waals surface area contributed by atoms with Gasteiger partial charge in [-0.1, -0.05) is 12.1 Å². The maximum absolute atomic E-state index is 5.91. The number of anilines is 1. The summed E-state index contributed by atoms with van der Waals surface area (Å²) in [6.07, 6.45) is 6.31. The van der Waals surface area contributed by atoms with E-state index in [1.165, 1.54) is 12.0 Å². The Bertz CT molecular complexity index is 727. The van der Waals surface area contributed by atoms with Crippen molar-refractivity contribution < 1.29 is 4.42 Å². The largest absolute Gasteiger partial charge is 0.423 e. The zero-order chi connectivity index (χ0) is 14.2. The lowest BCUT2D eigenvalue weighted by Crippen LogP contribution is -2.33. The van der Waals surface area contributed by atoms with Gasteiger partial charge in [0.15, 0.2) is 5.58 Å². The molecule has 1 saturated heterocycles. The Morgan fingerprint density at radius 3 is 3.05 bits per heavy atom. The van der Waals surface area contributed by atoms with Crippen molar-refractivity contribution in [3.05, 3.63) is 42.2 Å². The van der Waals surface area contributed by atoms with Gasteiger partial charge in [-0.05, 0) is 37.5 Å². The van der Waals surface area contributed by atoms with Gasteiger partial charge in [0.1, 0.15) is 5.52 Å². The summed E-state index contributed by atoms with van der Waals surface area (Å²) in [7, 11) is 0. The van der Waals surface area contributed by atoms with Gasteiger partial charge in [-0.25, -0.2) is 0 Å². The first kappa shape index (κ1) is 12.4. The Kier molecular flexibility index (Phi) is 2.91. The van der Waals surface area contributed by atoms with E-state index in [1.807, 2.05) is 35.1 Å². The Morgan fingerprint density at radius 1 is 1.33 bits per heavy atom. The fourth-order valence-electron chi connectivity index (χ4n) is 3.04. The summed E-state index contributed by atoms with van der Waals surface area (Å²) < 4.78 is 7.93. The molecule has 0 aliphatic carbocycles. The van der Waals surface area contributed by atoms with Crippen molar-refractivity contribution in [1.82, 2.24) is 14.8 Å². The first-order valence-electron chi connectivity index (χ1n) is 7.41. The molecule has 5 heteroatoms. The van der Waals surface area contributed by atoms with Crippen LogP contribution in [-0.4, -0.2) is 27.4 Å². The van der Waals surface area contributed by atoms with E-state index in [0.29, 0.717) is 6.04 Å². The number of aromatic nitrogens is 3. The topological polar surface area (TPSA) is 47.1 Å². The van der Waals surface area contributed by atoms with Gasteiger partial charge in [-0.15, -0.1) is 0 Å². The summed E-state index contributed by atoms with van der Waals surface area (Å²) in [4.78, 5) is 6.90. The molecule has 0 bridgehead atoms. The highest BCUT2D eigenvalue weighted by Gasteiger charge is 2.28. The Labute approximate surface area is 123 Å². The van der Waals surface area contributed by atoms with Crippen molar-refractivity contribution in [2.24, 2.45) is 0 Å². The summed E-state index contributed by atoms with van der Waals surface area (Å²) in [6.45, 7) is 3.95. The van der Waals surface area contributed by atoms with Gasteiger partial charge in [0.2, 0.25) is 0 Å². The predicted octanol–water partition coefficient (Wildman–Crippen LogP) is 3.00. The molecule has 4 rings (SSSR count). The minimum Gasteiger partial charge on any atom is -0.423 e. The van der Waals surface area contributed by atoms with Crippen molar-refractivity contribution in [3.63, 3.8) is 0 Å². The molecule has 1 atom stereocenters. The molecule has 0 spiro atoms. The lowest BCUT2D eigenvalue weighted by atomic mass is 10.2. The molecule has 3 heterocycles. The van der Waals surface area contributed by atoms with Crippen LogP contribution >= 0.6 is 0 Å². The normalized spacial score (nSPS) is 18.7. The summed E-state index contributed by atoms with van der Waals surface area (Å²) >= 11 is 0. The average Bonchev–Trinajstić information content (AvgIpc) is 3.18. The maximum Gasteiger partial charge on any atom is 0.298 e. The predicted molar refractivity (Wildman–Crippen MR) is 81.3 cm³/mol. The molecular formula is C16H18N4O. The van der Waals surface area contributed by atoms with E-state index in [9.17, 15) is 0 Å². The van der Waals surface area contributed by atoms with Crippen molar-refractivity contribution >= 4 is 17.1 Å². The molecule has 21 heavy (non-hydrogen) atoms. The molecule has 0 radical (unpaired) electrons. The molecule has 0 saturated carbocycles. The SMILES string of the molecule is Cc1cnn(CC2CCCN2c2nc3ccccc3o2)c1. The van der Waals surface area contributed by atoms with Gasteiger partial charge in [0, 0.05) is 12.7 Å². The number of benzene rings is 1. The highest BCUT2D eigenvalue weighted by atomic mass is 16.4. The number of hydrogen-bond acceptors (Lipinski definition) is 4. The van der Waals surface area contributed by atoms with E-state index in [4.69, 9.17) is 4.42 Å². The van der Waals surface area contributed by atoms with Gasteiger partial charge in [0.05, 0.1) is 18.8 Å². The molecule has 3 aromatic rings. The van der Waals surface area contributed by atoms with E-state index in [0.717, 1.165) is 36.6 Å². The fourth-order valence-corrected chi connectivity index (χ4v) is 3.04. The summed E-state index contributed by atoms with van der Waals surface area (Å²) in [6, 6.07) is 9.06. The van der Waals surface area contributed by atoms with E-state index >= 15 is 0 Å². The van der Waals surface area contributed by atoms with Crippen molar-refractivity contribution in [1.29, 1.82) is 0 Å². The number of rotatable bonds is 3. The molecule has 5 nitrogen and oxygen atoms in total. The number of aryl methyl sites for hydroxylation is 1. The maximum atomic E-state index is 5.91. The van der Waals surface area contributed by atoms with Crippen LogP contribution in [0.25, 0.3) is 11.1 Å². The number of fused-ring (bicyclic) bond motifs is 1. The second-order valence-electron chi connectivity index (χ2n) is 5.69. The molecule has 0 amide bonds. The van der Waals surface area contributed by atoms with E-state index in [1.54, 1.807) is 0 Å². The monoisotopic (exact) mass is 282 g/mol. The molecule has 1 aliphatic rings. The number of para-hydroxylation sites is 2. The van der Waals surface area contributed by atoms with Crippen molar-refractivity contribution in [3.8, 4) is 0 Å². The second-order valence-corrected chi connectivity index (χ2v) is 5.69. The Morgan fingerprint density at radius 2 is 2.24 bits per heavy atom. The molecule has 1 fully saturated rings. The number of oxazole rings is 1. The highest BCUT2D eigenvalue weighted by Crippen LogP contribution is 2.28. The quantitative estimate of drug-likeness (QED) is 0.741. The molecular weight excluding hydrogens is 264 g/mol. The molecule has 2 aromatic heterocycles. The van der Waals surface area contributed by atoms with E-state index in [-0.39, 0.29) is 0 Å².